The molecule has 0 aliphatic heterocycles. The molecule has 0 spiro atoms. The van der Waals surface area contributed by atoms with Crippen molar-refractivity contribution in [2.24, 2.45) is 0 Å². The first-order valence-electron chi connectivity index (χ1n) is 5.01. The second-order valence-electron chi connectivity index (χ2n) is 3.65. The average molecular weight is 248 g/mol. The highest BCUT2D eigenvalue weighted by Crippen LogP contribution is 2.18. The van der Waals surface area contributed by atoms with E-state index in [2.05, 4.69) is 10.2 Å². The van der Waals surface area contributed by atoms with E-state index in [4.69, 9.17) is 5.73 Å². The summed E-state index contributed by atoms with van der Waals surface area (Å²) in [5.74, 6) is -0.206. The van der Waals surface area contributed by atoms with Crippen LogP contribution in [0.1, 0.15) is 15.4 Å². The minimum Gasteiger partial charge on any atom is -0.374 e. The first-order valence-corrected chi connectivity index (χ1v) is 5.83. The van der Waals surface area contributed by atoms with Gasteiger partial charge in [0, 0.05) is 12.7 Å². The molecule has 88 valence electrons. The second-order valence-corrected chi connectivity index (χ2v) is 4.65. The van der Waals surface area contributed by atoms with Gasteiger partial charge in [0.25, 0.3) is 5.91 Å². The summed E-state index contributed by atoms with van der Waals surface area (Å²) in [4.78, 5) is 13.5. The lowest BCUT2D eigenvalue weighted by molar-refractivity contribution is 0.0992. The standard InChI is InChI=1S/C11H12N4OS/c1-7-3-5-8(6-4-7)15(2)10(16)9-13-14-11(12)17-9/h3-6H,1-2H3,(H2,12,14). The van der Waals surface area contributed by atoms with E-state index in [0.29, 0.717) is 10.1 Å². The molecule has 0 fully saturated rings. The molecule has 0 radical (unpaired) electrons. The van der Waals surface area contributed by atoms with Gasteiger partial charge in [-0.25, -0.2) is 0 Å². The van der Waals surface area contributed by atoms with Crippen molar-refractivity contribution >= 4 is 28.1 Å². The number of nitrogen functional groups attached to an aromatic ring is 1. The molecule has 17 heavy (non-hydrogen) atoms. The highest BCUT2D eigenvalue weighted by molar-refractivity contribution is 7.17. The Morgan fingerprint density at radius 1 is 1.29 bits per heavy atom. The van der Waals surface area contributed by atoms with E-state index >= 15 is 0 Å². The van der Waals surface area contributed by atoms with Crippen molar-refractivity contribution < 1.29 is 4.79 Å². The lowest BCUT2D eigenvalue weighted by Crippen LogP contribution is -2.26. The van der Waals surface area contributed by atoms with Crippen LogP contribution in [0.15, 0.2) is 24.3 Å². The number of benzene rings is 1. The van der Waals surface area contributed by atoms with Crippen LogP contribution in [0, 0.1) is 6.92 Å². The normalized spacial score (nSPS) is 10.2. The molecular formula is C11H12N4OS. The summed E-state index contributed by atoms with van der Waals surface area (Å²) in [6.45, 7) is 2.00. The maximum atomic E-state index is 12.0. The van der Waals surface area contributed by atoms with Gasteiger partial charge in [0.1, 0.15) is 0 Å². The molecule has 0 saturated heterocycles. The van der Waals surface area contributed by atoms with Crippen molar-refractivity contribution in [3.63, 3.8) is 0 Å². The van der Waals surface area contributed by atoms with Gasteiger partial charge in [-0.2, -0.15) is 0 Å². The summed E-state index contributed by atoms with van der Waals surface area (Å²) >= 11 is 1.09. The zero-order chi connectivity index (χ0) is 12.4. The molecule has 0 aliphatic carbocycles. The molecule has 0 bridgehead atoms. The predicted molar refractivity (Wildman–Crippen MR) is 68.2 cm³/mol. The Labute approximate surface area is 103 Å². The number of carbonyl (C=O) groups excluding carboxylic acids is 1. The fourth-order valence-electron chi connectivity index (χ4n) is 1.35. The number of carbonyl (C=O) groups is 1. The number of amides is 1. The fourth-order valence-corrected chi connectivity index (χ4v) is 1.94. The van der Waals surface area contributed by atoms with Gasteiger partial charge in [-0.05, 0) is 19.1 Å². The molecule has 0 atom stereocenters. The van der Waals surface area contributed by atoms with Crippen molar-refractivity contribution in [3.05, 3.63) is 34.8 Å². The van der Waals surface area contributed by atoms with Gasteiger partial charge in [-0.1, -0.05) is 29.0 Å². The minimum atomic E-state index is -0.206. The third kappa shape index (κ3) is 2.42. The number of anilines is 2. The van der Waals surface area contributed by atoms with E-state index in [1.165, 1.54) is 4.90 Å². The molecule has 2 aromatic rings. The first kappa shape index (κ1) is 11.5. The average Bonchev–Trinajstić information content (AvgIpc) is 2.75. The van der Waals surface area contributed by atoms with Gasteiger partial charge in [0.2, 0.25) is 10.1 Å². The molecular weight excluding hydrogens is 236 g/mol. The SMILES string of the molecule is Cc1ccc(N(C)C(=O)c2nnc(N)s2)cc1. The van der Waals surface area contributed by atoms with Gasteiger partial charge in [-0.15, -0.1) is 10.2 Å². The molecule has 6 heteroatoms. The summed E-state index contributed by atoms with van der Waals surface area (Å²) in [5, 5.41) is 7.95. The van der Waals surface area contributed by atoms with Crippen LogP contribution in [0.5, 0.6) is 0 Å². The number of hydrogen-bond acceptors (Lipinski definition) is 5. The summed E-state index contributed by atoms with van der Waals surface area (Å²) in [6, 6.07) is 7.68. The number of hydrogen-bond donors (Lipinski definition) is 1. The van der Waals surface area contributed by atoms with Crippen molar-refractivity contribution in [2.45, 2.75) is 6.92 Å². The van der Waals surface area contributed by atoms with E-state index in [1.54, 1.807) is 7.05 Å². The Hall–Kier alpha value is -1.95. The van der Waals surface area contributed by atoms with Gasteiger partial charge in [-0.3, -0.25) is 4.79 Å². The van der Waals surface area contributed by atoms with Gasteiger partial charge >= 0.3 is 0 Å². The van der Waals surface area contributed by atoms with E-state index in [-0.39, 0.29) is 5.91 Å². The lowest BCUT2D eigenvalue weighted by Gasteiger charge is -2.15. The largest absolute Gasteiger partial charge is 0.374 e. The first-order chi connectivity index (χ1) is 8.08. The fraction of sp³-hybridized carbons (Fsp3) is 0.182. The van der Waals surface area contributed by atoms with E-state index < -0.39 is 0 Å². The van der Waals surface area contributed by atoms with Crippen LogP contribution in [-0.4, -0.2) is 23.2 Å². The van der Waals surface area contributed by atoms with Gasteiger partial charge in [0.15, 0.2) is 0 Å². The summed E-state index contributed by atoms with van der Waals surface area (Å²) in [7, 11) is 1.70. The zero-order valence-electron chi connectivity index (χ0n) is 9.54. The molecule has 1 heterocycles. The maximum absolute atomic E-state index is 12.0. The van der Waals surface area contributed by atoms with Gasteiger partial charge < -0.3 is 10.6 Å². The monoisotopic (exact) mass is 248 g/mol. The molecule has 1 amide bonds. The topological polar surface area (TPSA) is 72.1 Å². The van der Waals surface area contributed by atoms with Gasteiger partial charge in [0.05, 0.1) is 0 Å². The quantitative estimate of drug-likeness (QED) is 0.878. The van der Waals surface area contributed by atoms with E-state index in [0.717, 1.165) is 22.6 Å². The Morgan fingerprint density at radius 2 is 1.94 bits per heavy atom. The number of nitrogens with zero attached hydrogens (tertiary/aromatic N) is 3. The summed E-state index contributed by atoms with van der Waals surface area (Å²) in [6.07, 6.45) is 0. The van der Waals surface area contributed by atoms with E-state index in [1.807, 2.05) is 31.2 Å². The molecule has 0 unspecified atom stereocenters. The Bertz CT molecular complexity index is 535. The van der Waals surface area contributed by atoms with Crippen molar-refractivity contribution in [1.82, 2.24) is 10.2 Å². The van der Waals surface area contributed by atoms with Crippen LogP contribution in [0.25, 0.3) is 0 Å². The number of aromatic nitrogens is 2. The number of nitrogens with two attached hydrogens (primary N) is 1. The van der Waals surface area contributed by atoms with Crippen LogP contribution in [0.2, 0.25) is 0 Å². The van der Waals surface area contributed by atoms with Crippen molar-refractivity contribution in [1.29, 1.82) is 0 Å². The predicted octanol–water partition coefficient (Wildman–Crippen LogP) is 1.71. The Kier molecular flexibility index (Phi) is 3.06. The molecule has 0 aliphatic rings. The third-order valence-corrected chi connectivity index (χ3v) is 3.09. The lowest BCUT2D eigenvalue weighted by atomic mass is 10.2. The molecule has 2 N–H and O–H groups in total. The highest BCUT2D eigenvalue weighted by Gasteiger charge is 2.17. The number of rotatable bonds is 2. The third-order valence-electron chi connectivity index (χ3n) is 2.35. The van der Waals surface area contributed by atoms with E-state index in [9.17, 15) is 4.79 Å². The van der Waals surface area contributed by atoms with Crippen LogP contribution >= 0.6 is 11.3 Å². The Balaban J connectivity index is 2.23. The van der Waals surface area contributed by atoms with Crippen LogP contribution in [0.3, 0.4) is 0 Å². The van der Waals surface area contributed by atoms with Crippen LogP contribution in [0.4, 0.5) is 10.8 Å². The molecule has 1 aromatic carbocycles. The number of aryl methyl sites for hydroxylation is 1. The molecule has 2 rings (SSSR count). The van der Waals surface area contributed by atoms with Crippen molar-refractivity contribution in [2.75, 3.05) is 17.7 Å². The van der Waals surface area contributed by atoms with Crippen LogP contribution in [-0.2, 0) is 0 Å². The molecule has 5 nitrogen and oxygen atoms in total. The summed E-state index contributed by atoms with van der Waals surface area (Å²) < 4.78 is 0. The molecule has 0 saturated carbocycles. The summed E-state index contributed by atoms with van der Waals surface area (Å²) in [5.41, 5.74) is 7.41. The highest BCUT2D eigenvalue weighted by atomic mass is 32.1. The zero-order valence-corrected chi connectivity index (χ0v) is 10.4. The second kappa shape index (κ2) is 4.50. The molecule has 1 aromatic heterocycles. The van der Waals surface area contributed by atoms with Crippen molar-refractivity contribution in [3.8, 4) is 0 Å². The maximum Gasteiger partial charge on any atom is 0.289 e. The van der Waals surface area contributed by atoms with Crippen LogP contribution < -0.4 is 10.6 Å². The minimum absolute atomic E-state index is 0.206. The smallest absolute Gasteiger partial charge is 0.289 e. The Morgan fingerprint density at radius 3 is 2.47 bits per heavy atom.